The summed E-state index contributed by atoms with van der Waals surface area (Å²) in [5, 5.41) is 0. The van der Waals surface area contributed by atoms with Gasteiger partial charge >= 0.3 is 0 Å². The van der Waals surface area contributed by atoms with E-state index in [-0.39, 0.29) is 12.4 Å². The van der Waals surface area contributed by atoms with Gasteiger partial charge in [-0.1, -0.05) is 0 Å². The number of rotatable bonds is 4. The SMILES string of the molecule is CCOCC(=O)C(C)N. The van der Waals surface area contributed by atoms with Gasteiger partial charge in [-0.15, -0.1) is 0 Å². The zero-order chi connectivity index (χ0) is 7.28. The number of Topliss-reactive ketones (excluding diaryl/α,β-unsaturated/α-hetero) is 1. The van der Waals surface area contributed by atoms with Gasteiger partial charge in [0.05, 0.1) is 6.04 Å². The minimum atomic E-state index is -0.392. The number of ketones is 1. The Balaban J connectivity index is 3.28. The van der Waals surface area contributed by atoms with Crippen LogP contribution in [-0.2, 0) is 9.53 Å². The second-order valence-electron chi connectivity index (χ2n) is 1.89. The van der Waals surface area contributed by atoms with Crippen LogP contribution in [0.1, 0.15) is 13.8 Å². The molecule has 0 aromatic carbocycles. The maximum absolute atomic E-state index is 10.7. The number of carbonyl (C=O) groups is 1. The van der Waals surface area contributed by atoms with Gasteiger partial charge in [-0.2, -0.15) is 0 Å². The Hall–Kier alpha value is -0.410. The quantitative estimate of drug-likeness (QED) is 0.581. The van der Waals surface area contributed by atoms with E-state index in [1.54, 1.807) is 6.92 Å². The second kappa shape index (κ2) is 4.47. The lowest BCUT2D eigenvalue weighted by atomic mass is 10.2. The van der Waals surface area contributed by atoms with E-state index in [9.17, 15) is 4.79 Å². The van der Waals surface area contributed by atoms with Crippen LogP contribution in [0.15, 0.2) is 0 Å². The van der Waals surface area contributed by atoms with Gasteiger partial charge in [-0.25, -0.2) is 0 Å². The molecule has 0 heterocycles. The third-order valence-corrected chi connectivity index (χ3v) is 0.956. The van der Waals surface area contributed by atoms with Crippen LogP contribution in [0.25, 0.3) is 0 Å². The summed E-state index contributed by atoms with van der Waals surface area (Å²) in [6.45, 7) is 4.21. The molecule has 0 aromatic heterocycles. The summed E-state index contributed by atoms with van der Waals surface area (Å²) in [5.41, 5.74) is 5.25. The minimum Gasteiger partial charge on any atom is -0.374 e. The largest absolute Gasteiger partial charge is 0.374 e. The monoisotopic (exact) mass is 131 g/mol. The van der Waals surface area contributed by atoms with E-state index in [0.717, 1.165) is 0 Å². The van der Waals surface area contributed by atoms with E-state index in [2.05, 4.69) is 0 Å². The van der Waals surface area contributed by atoms with Gasteiger partial charge in [0.15, 0.2) is 5.78 Å². The maximum Gasteiger partial charge on any atom is 0.174 e. The Bertz CT molecular complexity index is 91.1. The fourth-order valence-corrected chi connectivity index (χ4v) is 0.334. The predicted octanol–water partition coefficient (Wildman–Crippen LogP) is -0.0608. The smallest absolute Gasteiger partial charge is 0.174 e. The second-order valence-corrected chi connectivity index (χ2v) is 1.89. The van der Waals surface area contributed by atoms with Crippen molar-refractivity contribution in [2.24, 2.45) is 5.73 Å². The van der Waals surface area contributed by atoms with Crippen molar-refractivity contribution in [2.75, 3.05) is 13.2 Å². The summed E-state index contributed by atoms with van der Waals surface area (Å²) in [5.74, 6) is -0.0446. The molecule has 3 nitrogen and oxygen atoms in total. The molecule has 0 fully saturated rings. The fourth-order valence-electron chi connectivity index (χ4n) is 0.334. The molecule has 1 atom stereocenters. The molecule has 0 aliphatic carbocycles. The maximum atomic E-state index is 10.7. The van der Waals surface area contributed by atoms with Crippen LogP contribution in [-0.4, -0.2) is 25.0 Å². The van der Waals surface area contributed by atoms with Crippen molar-refractivity contribution in [3.63, 3.8) is 0 Å². The number of hydrogen-bond donors (Lipinski definition) is 1. The topological polar surface area (TPSA) is 52.3 Å². The van der Waals surface area contributed by atoms with Crippen molar-refractivity contribution in [1.29, 1.82) is 0 Å². The summed E-state index contributed by atoms with van der Waals surface area (Å²) in [4.78, 5) is 10.7. The molecule has 3 heteroatoms. The van der Waals surface area contributed by atoms with E-state index < -0.39 is 6.04 Å². The molecule has 0 aromatic rings. The first-order chi connectivity index (χ1) is 4.18. The molecule has 0 saturated heterocycles. The molecule has 0 aliphatic heterocycles. The first-order valence-electron chi connectivity index (χ1n) is 3.04. The van der Waals surface area contributed by atoms with Crippen molar-refractivity contribution >= 4 is 5.78 Å². The molecule has 0 aliphatic rings. The van der Waals surface area contributed by atoms with E-state index in [0.29, 0.717) is 6.61 Å². The highest BCUT2D eigenvalue weighted by Gasteiger charge is 2.05. The molecule has 0 radical (unpaired) electrons. The minimum absolute atomic E-state index is 0.0446. The van der Waals surface area contributed by atoms with Crippen LogP contribution in [0.4, 0.5) is 0 Å². The highest BCUT2D eigenvalue weighted by molar-refractivity contribution is 5.84. The number of ether oxygens (including phenoxy) is 1. The fraction of sp³-hybridized carbons (Fsp3) is 0.833. The number of hydrogen-bond acceptors (Lipinski definition) is 3. The summed E-state index contributed by atoms with van der Waals surface area (Å²) in [6.07, 6.45) is 0. The molecule has 9 heavy (non-hydrogen) atoms. The summed E-state index contributed by atoms with van der Waals surface area (Å²) in [7, 11) is 0. The lowest BCUT2D eigenvalue weighted by Crippen LogP contribution is -2.30. The zero-order valence-electron chi connectivity index (χ0n) is 5.89. The van der Waals surface area contributed by atoms with Gasteiger partial charge in [0, 0.05) is 6.61 Å². The third kappa shape index (κ3) is 4.12. The normalized spacial score (nSPS) is 13.2. The Morgan fingerprint density at radius 3 is 2.67 bits per heavy atom. The van der Waals surface area contributed by atoms with Crippen molar-refractivity contribution in [3.8, 4) is 0 Å². The Morgan fingerprint density at radius 1 is 1.78 bits per heavy atom. The van der Waals surface area contributed by atoms with Gasteiger partial charge < -0.3 is 10.5 Å². The lowest BCUT2D eigenvalue weighted by molar-refractivity contribution is -0.124. The molecule has 54 valence electrons. The van der Waals surface area contributed by atoms with Gasteiger partial charge in [0.1, 0.15) is 6.61 Å². The Kier molecular flexibility index (Phi) is 4.26. The standard InChI is InChI=1S/C6H13NO2/c1-3-9-4-6(8)5(2)7/h5H,3-4,7H2,1-2H3. The van der Waals surface area contributed by atoms with Crippen LogP contribution >= 0.6 is 0 Å². The molecule has 1 unspecified atom stereocenters. The zero-order valence-corrected chi connectivity index (χ0v) is 5.89. The molecular formula is C6H13NO2. The van der Waals surface area contributed by atoms with Crippen LogP contribution in [0.3, 0.4) is 0 Å². The van der Waals surface area contributed by atoms with Crippen LogP contribution in [0, 0.1) is 0 Å². The molecule has 0 bridgehead atoms. The van der Waals surface area contributed by atoms with Crippen LogP contribution in [0.2, 0.25) is 0 Å². The van der Waals surface area contributed by atoms with Crippen LogP contribution < -0.4 is 5.73 Å². The molecular weight excluding hydrogens is 118 g/mol. The highest BCUT2D eigenvalue weighted by atomic mass is 16.5. The first kappa shape index (κ1) is 8.59. The van der Waals surface area contributed by atoms with Crippen molar-refractivity contribution in [2.45, 2.75) is 19.9 Å². The lowest BCUT2D eigenvalue weighted by Gasteiger charge is -2.02. The molecule has 2 N–H and O–H groups in total. The molecule has 0 spiro atoms. The van der Waals surface area contributed by atoms with Gasteiger partial charge in [0.2, 0.25) is 0 Å². The van der Waals surface area contributed by atoms with Crippen molar-refractivity contribution in [1.82, 2.24) is 0 Å². The van der Waals surface area contributed by atoms with Crippen LogP contribution in [0.5, 0.6) is 0 Å². The number of nitrogens with two attached hydrogens (primary N) is 1. The Morgan fingerprint density at radius 2 is 2.33 bits per heavy atom. The first-order valence-corrected chi connectivity index (χ1v) is 3.04. The summed E-state index contributed by atoms with van der Waals surface area (Å²) < 4.78 is 4.83. The average molecular weight is 131 g/mol. The summed E-state index contributed by atoms with van der Waals surface area (Å²) in [6, 6.07) is -0.392. The van der Waals surface area contributed by atoms with Gasteiger partial charge in [-0.05, 0) is 13.8 Å². The molecule has 0 saturated carbocycles. The predicted molar refractivity (Wildman–Crippen MR) is 35.1 cm³/mol. The van der Waals surface area contributed by atoms with E-state index in [1.165, 1.54) is 0 Å². The van der Waals surface area contributed by atoms with E-state index >= 15 is 0 Å². The van der Waals surface area contributed by atoms with E-state index in [1.807, 2.05) is 6.92 Å². The molecule has 0 amide bonds. The summed E-state index contributed by atoms with van der Waals surface area (Å²) >= 11 is 0. The molecule has 0 rings (SSSR count). The van der Waals surface area contributed by atoms with Gasteiger partial charge in [0.25, 0.3) is 0 Å². The van der Waals surface area contributed by atoms with Gasteiger partial charge in [-0.3, -0.25) is 4.79 Å². The Labute approximate surface area is 55.2 Å². The number of carbonyl (C=O) groups excluding carboxylic acids is 1. The van der Waals surface area contributed by atoms with E-state index in [4.69, 9.17) is 10.5 Å². The highest BCUT2D eigenvalue weighted by Crippen LogP contribution is 1.81. The van der Waals surface area contributed by atoms with Crippen molar-refractivity contribution < 1.29 is 9.53 Å². The third-order valence-electron chi connectivity index (χ3n) is 0.956. The van der Waals surface area contributed by atoms with Crippen molar-refractivity contribution in [3.05, 3.63) is 0 Å². The average Bonchev–Trinajstić information content (AvgIpc) is 1.82.